The van der Waals surface area contributed by atoms with Gasteiger partial charge in [0.15, 0.2) is 0 Å². The normalized spacial score (nSPS) is 15.1. The van der Waals surface area contributed by atoms with Crippen LogP contribution in [0, 0.1) is 0 Å². The SMILES string of the molecule is N/N=C\N(N)c1ccc(OCc2cnn(C3CCN(c4ccc(C(F)(F)F)cn4)CC3)n2)cn1. The van der Waals surface area contributed by atoms with Crippen LogP contribution >= 0.6 is 0 Å². The van der Waals surface area contributed by atoms with Gasteiger partial charge in [0.2, 0.25) is 0 Å². The number of aromatic nitrogens is 5. The molecule has 0 saturated carbocycles. The lowest BCUT2D eigenvalue weighted by atomic mass is 10.1. The minimum atomic E-state index is -4.39. The number of rotatable bonds is 7. The molecule has 0 aromatic carbocycles. The number of alkyl halides is 3. The van der Waals surface area contributed by atoms with Crippen LogP contribution in [0.2, 0.25) is 0 Å². The highest BCUT2D eigenvalue weighted by molar-refractivity contribution is 5.75. The molecule has 0 aliphatic carbocycles. The molecule has 0 spiro atoms. The monoisotopic (exact) mass is 476 g/mol. The average Bonchev–Trinajstić information content (AvgIpc) is 3.32. The largest absolute Gasteiger partial charge is 0.486 e. The standard InChI is InChI=1S/C20H23F3N10O/c21-20(22,23)14-1-3-18(26-9-14)31-7-5-16(6-8-31)33-29-10-15(30-33)12-34-17-2-4-19(27-11-17)32(25)13-28-24/h1-4,9-11,13,16H,5-8,12,24-25H2/b28-13-. The zero-order valence-corrected chi connectivity index (χ0v) is 18.0. The number of anilines is 2. The van der Waals surface area contributed by atoms with Gasteiger partial charge in [0.25, 0.3) is 0 Å². The number of hydrogen-bond acceptors (Lipinski definition) is 9. The van der Waals surface area contributed by atoms with Crippen LogP contribution in [0.25, 0.3) is 0 Å². The van der Waals surface area contributed by atoms with Gasteiger partial charge in [0, 0.05) is 19.3 Å². The molecule has 4 heterocycles. The first-order valence-electron chi connectivity index (χ1n) is 10.4. The molecule has 11 nitrogen and oxygen atoms in total. The lowest BCUT2D eigenvalue weighted by molar-refractivity contribution is -0.137. The number of hydrazine groups is 1. The van der Waals surface area contributed by atoms with Crippen molar-refractivity contribution in [3.8, 4) is 5.75 Å². The van der Waals surface area contributed by atoms with E-state index in [9.17, 15) is 13.2 Å². The number of hydrogen-bond donors (Lipinski definition) is 2. The van der Waals surface area contributed by atoms with Crippen LogP contribution in [0.1, 0.15) is 30.1 Å². The maximum atomic E-state index is 12.7. The van der Waals surface area contributed by atoms with Gasteiger partial charge < -0.3 is 15.5 Å². The van der Waals surface area contributed by atoms with E-state index in [1.807, 2.05) is 4.90 Å². The molecule has 1 aliphatic heterocycles. The third-order valence-electron chi connectivity index (χ3n) is 5.31. The van der Waals surface area contributed by atoms with E-state index >= 15 is 0 Å². The minimum Gasteiger partial charge on any atom is -0.486 e. The lowest BCUT2D eigenvalue weighted by Crippen LogP contribution is -2.35. The number of ether oxygens (including phenoxy) is 1. The fourth-order valence-corrected chi connectivity index (χ4v) is 3.52. The van der Waals surface area contributed by atoms with Crippen molar-refractivity contribution >= 4 is 18.0 Å². The van der Waals surface area contributed by atoms with Gasteiger partial charge in [0.05, 0.1) is 24.0 Å². The Balaban J connectivity index is 1.28. The van der Waals surface area contributed by atoms with Crippen molar-refractivity contribution < 1.29 is 17.9 Å². The van der Waals surface area contributed by atoms with Crippen molar-refractivity contribution in [2.24, 2.45) is 16.8 Å². The molecule has 1 aliphatic rings. The molecule has 0 amide bonds. The predicted molar refractivity (Wildman–Crippen MR) is 118 cm³/mol. The van der Waals surface area contributed by atoms with Crippen LogP contribution in [0.15, 0.2) is 48.0 Å². The molecule has 0 unspecified atom stereocenters. The summed E-state index contributed by atoms with van der Waals surface area (Å²) in [5, 5.41) is 13.3. The second kappa shape index (κ2) is 9.91. The van der Waals surface area contributed by atoms with Crippen LogP contribution in [0.4, 0.5) is 24.8 Å². The Morgan fingerprint density at radius 1 is 1.12 bits per heavy atom. The highest BCUT2D eigenvalue weighted by Gasteiger charge is 2.31. The number of nitrogens with two attached hydrogens (primary N) is 2. The summed E-state index contributed by atoms with van der Waals surface area (Å²) in [5.74, 6) is 12.3. The van der Waals surface area contributed by atoms with Crippen molar-refractivity contribution in [3.63, 3.8) is 0 Å². The van der Waals surface area contributed by atoms with E-state index in [4.69, 9.17) is 16.4 Å². The summed E-state index contributed by atoms with van der Waals surface area (Å²) in [6, 6.07) is 5.91. The quantitative estimate of drug-likeness (QED) is 0.227. The van der Waals surface area contributed by atoms with E-state index < -0.39 is 11.7 Å². The maximum Gasteiger partial charge on any atom is 0.417 e. The van der Waals surface area contributed by atoms with Crippen LogP contribution in [-0.2, 0) is 12.8 Å². The molecule has 34 heavy (non-hydrogen) atoms. The zero-order chi connectivity index (χ0) is 24.1. The predicted octanol–water partition coefficient (Wildman–Crippen LogP) is 2.09. The second-order valence-corrected chi connectivity index (χ2v) is 7.59. The van der Waals surface area contributed by atoms with E-state index in [2.05, 4.69) is 25.3 Å². The van der Waals surface area contributed by atoms with Crippen LogP contribution in [-0.4, -0.2) is 44.4 Å². The molecule has 0 atom stereocenters. The van der Waals surface area contributed by atoms with Gasteiger partial charge in [-0.2, -0.15) is 33.3 Å². The summed E-state index contributed by atoms with van der Waals surface area (Å²) >= 11 is 0. The Hall–Kier alpha value is -3.94. The summed E-state index contributed by atoms with van der Waals surface area (Å²) in [4.78, 5) is 11.8. The molecule has 4 rings (SSSR count). The molecular formula is C20H23F3N10O. The molecule has 180 valence electrons. The van der Waals surface area contributed by atoms with Gasteiger partial charge in [-0.15, -0.1) is 0 Å². The van der Waals surface area contributed by atoms with E-state index in [0.717, 1.165) is 25.1 Å². The van der Waals surface area contributed by atoms with Gasteiger partial charge in [0.1, 0.15) is 36.0 Å². The Morgan fingerprint density at radius 2 is 1.91 bits per heavy atom. The Kier molecular flexibility index (Phi) is 6.77. The first kappa shape index (κ1) is 23.2. The molecule has 3 aromatic heterocycles. The zero-order valence-electron chi connectivity index (χ0n) is 18.0. The number of nitrogens with zero attached hydrogens (tertiary/aromatic N) is 8. The second-order valence-electron chi connectivity index (χ2n) is 7.59. The third kappa shape index (κ3) is 5.51. The lowest BCUT2D eigenvalue weighted by Gasteiger charge is -2.32. The van der Waals surface area contributed by atoms with E-state index in [0.29, 0.717) is 36.2 Å². The average molecular weight is 476 g/mol. The summed E-state index contributed by atoms with van der Waals surface area (Å²) in [6.45, 7) is 1.49. The first-order chi connectivity index (χ1) is 16.3. The van der Waals surface area contributed by atoms with Gasteiger partial charge >= 0.3 is 6.18 Å². The fourth-order valence-electron chi connectivity index (χ4n) is 3.52. The van der Waals surface area contributed by atoms with Crippen LogP contribution in [0.3, 0.4) is 0 Å². The highest BCUT2D eigenvalue weighted by Crippen LogP contribution is 2.30. The topological polar surface area (TPSA) is 137 Å². The molecular weight excluding hydrogens is 453 g/mol. The molecule has 3 aromatic rings. The first-order valence-corrected chi connectivity index (χ1v) is 10.4. The summed E-state index contributed by atoms with van der Waals surface area (Å²) in [7, 11) is 0. The Bertz CT molecular complexity index is 1090. The number of halogens is 3. The van der Waals surface area contributed by atoms with Gasteiger partial charge in [-0.05, 0) is 37.1 Å². The molecule has 0 radical (unpaired) electrons. The van der Waals surface area contributed by atoms with Crippen molar-refractivity contribution in [1.82, 2.24) is 25.0 Å². The van der Waals surface area contributed by atoms with Crippen LogP contribution < -0.4 is 26.3 Å². The summed E-state index contributed by atoms with van der Waals surface area (Å²) in [6.07, 6.45) is 2.35. The van der Waals surface area contributed by atoms with Crippen molar-refractivity contribution in [2.45, 2.75) is 31.7 Å². The number of pyridine rings is 2. The van der Waals surface area contributed by atoms with E-state index in [1.165, 1.54) is 23.6 Å². The molecule has 14 heteroatoms. The van der Waals surface area contributed by atoms with Gasteiger partial charge in [-0.25, -0.2) is 20.8 Å². The number of hydrazone groups is 1. The molecule has 1 fully saturated rings. The van der Waals surface area contributed by atoms with Crippen molar-refractivity contribution in [2.75, 3.05) is 23.0 Å². The van der Waals surface area contributed by atoms with E-state index in [-0.39, 0.29) is 12.6 Å². The smallest absolute Gasteiger partial charge is 0.417 e. The minimum absolute atomic E-state index is 0.0835. The molecule has 0 bridgehead atoms. The molecule has 4 N–H and O–H groups in total. The van der Waals surface area contributed by atoms with Crippen molar-refractivity contribution in [3.05, 3.63) is 54.1 Å². The third-order valence-corrected chi connectivity index (χ3v) is 5.31. The molecule has 1 saturated heterocycles. The maximum absolute atomic E-state index is 12.7. The van der Waals surface area contributed by atoms with Gasteiger partial charge in [-0.3, -0.25) is 0 Å². The van der Waals surface area contributed by atoms with Crippen LogP contribution in [0.5, 0.6) is 5.75 Å². The Morgan fingerprint density at radius 3 is 2.53 bits per heavy atom. The Labute approximate surface area is 192 Å². The summed E-state index contributed by atoms with van der Waals surface area (Å²) in [5.41, 5.74) is -0.0950. The number of piperidine rings is 1. The van der Waals surface area contributed by atoms with Gasteiger partial charge in [-0.1, -0.05) is 0 Å². The highest BCUT2D eigenvalue weighted by atomic mass is 19.4. The van der Waals surface area contributed by atoms with Crippen molar-refractivity contribution in [1.29, 1.82) is 0 Å². The van der Waals surface area contributed by atoms with E-state index in [1.54, 1.807) is 23.1 Å². The fraction of sp³-hybridized carbons (Fsp3) is 0.350. The summed E-state index contributed by atoms with van der Waals surface area (Å²) < 4.78 is 43.9.